The quantitative estimate of drug-likeness (QED) is 0.881. The maximum Gasteiger partial charge on any atom is 0.344 e. The molecule has 0 saturated heterocycles. The zero-order chi connectivity index (χ0) is 9.84. The second-order valence-corrected chi connectivity index (χ2v) is 3.33. The zero-order valence-corrected chi connectivity index (χ0v) is 8.48. The van der Waals surface area contributed by atoms with Gasteiger partial charge in [-0.3, -0.25) is 0 Å². The van der Waals surface area contributed by atoms with Crippen LogP contribution in [0.4, 0.5) is 0 Å². The maximum atomic E-state index is 10.4. The van der Waals surface area contributed by atoms with Crippen molar-refractivity contribution in [2.24, 2.45) is 0 Å². The summed E-state index contributed by atoms with van der Waals surface area (Å²) in [6.07, 6.45) is 0.665. The predicted octanol–water partition coefficient (Wildman–Crippen LogP) is 1.70. The number of carbonyl (C=O) groups is 1. The van der Waals surface area contributed by atoms with Crippen LogP contribution in [-0.4, -0.2) is 22.2 Å². The van der Waals surface area contributed by atoms with E-state index in [1.807, 2.05) is 0 Å². The second kappa shape index (κ2) is 4.23. The van der Waals surface area contributed by atoms with Crippen molar-refractivity contribution in [2.75, 3.05) is 0 Å². The van der Waals surface area contributed by atoms with E-state index >= 15 is 0 Å². The Morgan fingerprint density at radius 2 is 2.38 bits per heavy atom. The minimum Gasteiger partial charge on any atom is -0.479 e. The summed E-state index contributed by atoms with van der Waals surface area (Å²) in [4.78, 5) is 14.3. The van der Waals surface area contributed by atoms with Gasteiger partial charge in [0.05, 0.1) is 0 Å². The van der Waals surface area contributed by atoms with E-state index in [1.54, 1.807) is 18.3 Å². The summed E-state index contributed by atoms with van der Waals surface area (Å²) in [7, 11) is 0. The van der Waals surface area contributed by atoms with Crippen molar-refractivity contribution < 1.29 is 14.6 Å². The minimum absolute atomic E-state index is 0.304. The van der Waals surface area contributed by atoms with Crippen LogP contribution in [-0.2, 0) is 4.79 Å². The van der Waals surface area contributed by atoms with Gasteiger partial charge in [-0.25, -0.2) is 9.78 Å². The largest absolute Gasteiger partial charge is 0.479 e. The lowest BCUT2D eigenvalue weighted by molar-refractivity contribution is -0.144. The van der Waals surface area contributed by atoms with E-state index in [0.717, 1.165) is 4.47 Å². The molecule has 1 aromatic rings. The number of hydrogen-bond acceptors (Lipinski definition) is 3. The molecule has 0 aliphatic rings. The zero-order valence-electron chi connectivity index (χ0n) is 6.90. The average molecular weight is 246 g/mol. The number of ether oxygens (including phenoxy) is 1. The van der Waals surface area contributed by atoms with Crippen LogP contribution in [0.3, 0.4) is 0 Å². The van der Waals surface area contributed by atoms with Crippen molar-refractivity contribution in [2.45, 2.75) is 13.0 Å². The lowest BCUT2D eigenvalue weighted by Crippen LogP contribution is -2.23. The topological polar surface area (TPSA) is 59.4 Å². The summed E-state index contributed by atoms with van der Waals surface area (Å²) in [5, 5.41) is 8.54. The first kappa shape index (κ1) is 9.98. The summed E-state index contributed by atoms with van der Waals surface area (Å²) in [5.74, 6) is -0.706. The molecular weight excluding hydrogens is 238 g/mol. The van der Waals surface area contributed by atoms with Gasteiger partial charge in [0, 0.05) is 16.7 Å². The van der Waals surface area contributed by atoms with Crippen LogP contribution in [0, 0.1) is 0 Å². The first-order valence-corrected chi connectivity index (χ1v) is 4.40. The molecule has 1 unspecified atom stereocenters. The number of aliphatic carboxylic acids is 1. The number of halogens is 1. The molecule has 0 spiro atoms. The highest BCUT2D eigenvalue weighted by molar-refractivity contribution is 9.10. The molecule has 1 heterocycles. The molecule has 1 rings (SSSR count). The van der Waals surface area contributed by atoms with E-state index in [0.29, 0.717) is 5.88 Å². The summed E-state index contributed by atoms with van der Waals surface area (Å²) >= 11 is 3.21. The molecule has 70 valence electrons. The lowest BCUT2D eigenvalue weighted by atomic mass is 10.4. The Kier molecular flexibility index (Phi) is 3.25. The highest BCUT2D eigenvalue weighted by Gasteiger charge is 2.12. The summed E-state index contributed by atoms with van der Waals surface area (Å²) in [6, 6.07) is 3.33. The molecular formula is C8H8BrNO3. The van der Waals surface area contributed by atoms with Gasteiger partial charge in [0.25, 0.3) is 0 Å². The third-order valence-corrected chi connectivity index (χ3v) is 1.81. The van der Waals surface area contributed by atoms with Crippen molar-refractivity contribution in [1.29, 1.82) is 0 Å². The van der Waals surface area contributed by atoms with Gasteiger partial charge in [-0.15, -0.1) is 0 Å². The van der Waals surface area contributed by atoms with Crippen LogP contribution >= 0.6 is 15.9 Å². The van der Waals surface area contributed by atoms with Gasteiger partial charge in [0.2, 0.25) is 5.88 Å². The Morgan fingerprint density at radius 1 is 1.69 bits per heavy atom. The Morgan fingerprint density at radius 3 is 2.85 bits per heavy atom. The van der Waals surface area contributed by atoms with Crippen LogP contribution in [0.5, 0.6) is 5.88 Å². The molecule has 4 nitrogen and oxygen atoms in total. The summed E-state index contributed by atoms with van der Waals surface area (Å²) in [6.45, 7) is 1.45. The van der Waals surface area contributed by atoms with Crippen LogP contribution in [0.2, 0.25) is 0 Å². The molecule has 1 aromatic heterocycles. The molecule has 0 aliphatic heterocycles. The van der Waals surface area contributed by atoms with E-state index in [4.69, 9.17) is 9.84 Å². The molecule has 0 bridgehead atoms. The monoisotopic (exact) mass is 245 g/mol. The van der Waals surface area contributed by atoms with Crippen molar-refractivity contribution >= 4 is 21.9 Å². The van der Waals surface area contributed by atoms with E-state index in [1.165, 1.54) is 6.92 Å². The smallest absolute Gasteiger partial charge is 0.344 e. The lowest BCUT2D eigenvalue weighted by Gasteiger charge is -2.08. The van der Waals surface area contributed by atoms with Crippen LogP contribution in [0.1, 0.15) is 6.92 Å². The standard InChI is InChI=1S/C8H8BrNO3/c1-5(8(11)12)13-7-3-2-6(9)4-10-7/h2-5H,1H3,(H,11,12). The first-order chi connectivity index (χ1) is 6.09. The molecule has 0 aromatic carbocycles. The number of rotatable bonds is 3. The molecule has 1 N–H and O–H groups in total. The highest BCUT2D eigenvalue weighted by Crippen LogP contribution is 2.13. The van der Waals surface area contributed by atoms with Crippen molar-refractivity contribution in [3.05, 3.63) is 22.8 Å². The normalized spacial score (nSPS) is 12.2. The number of pyridine rings is 1. The molecule has 0 saturated carbocycles. The van der Waals surface area contributed by atoms with Crippen molar-refractivity contribution in [3.8, 4) is 5.88 Å². The molecule has 0 amide bonds. The Labute approximate surface area is 83.7 Å². The van der Waals surface area contributed by atoms with Crippen LogP contribution in [0.25, 0.3) is 0 Å². The van der Waals surface area contributed by atoms with E-state index in [2.05, 4.69) is 20.9 Å². The van der Waals surface area contributed by atoms with Gasteiger partial charge >= 0.3 is 5.97 Å². The molecule has 5 heteroatoms. The summed E-state index contributed by atoms with van der Waals surface area (Å²) in [5.41, 5.74) is 0. The molecule has 0 fully saturated rings. The number of aromatic nitrogens is 1. The van der Waals surface area contributed by atoms with Gasteiger partial charge in [0.15, 0.2) is 6.10 Å². The molecule has 1 atom stereocenters. The Hall–Kier alpha value is -1.10. The third kappa shape index (κ3) is 3.02. The predicted molar refractivity (Wildman–Crippen MR) is 49.7 cm³/mol. The molecule has 13 heavy (non-hydrogen) atoms. The fourth-order valence-electron chi connectivity index (χ4n) is 0.663. The first-order valence-electron chi connectivity index (χ1n) is 3.60. The van der Waals surface area contributed by atoms with Gasteiger partial charge in [-0.05, 0) is 28.9 Å². The van der Waals surface area contributed by atoms with Gasteiger partial charge < -0.3 is 9.84 Å². The second-order valence-electron chi connectivity index (χ2n) is 2.41. The van der Waals surface area contributed by atoms with E-state index in [9.17, 15) is 4.79 Å². The molecule has 0 radical (unpaired) electrons. The SMILES string of the molecule is CC(Oc1ccc(Br)cn1)C(=O)O. The summed E-state index contributed by atoms with van der Waals surface area (Å²) < 4.78 is 5.82. The van der Waals surface area contributed by atoms with E-state index < -0.39 is 12.1 Å². The fraction of sp³-hybridized carbons (Fsp3) is 0.250. The Bertz CT molecular complexity index is 299. The van der Waals surface area contributed by atoms with E-state index in [-0.39, 0.29) is 0 Å². The fourth-order valence-corrected chi connectivity index (χ4v) is 0.898. The number of carboxylic acid groups (broad SMARTS) is 1. The van der Waals surface area contributed by atoms with Gasteiger partial charge in [0.1, 0.15) is 0 Å². The average Bonchev–Trinajstić information content (AvgIpc) is 2.08. The van der Waals surface area contributed by atoms with Gasteiger partial charge in [-0.1, -0.05) is 0 Å². The van der Waals surface area contributed by atoms with Crippen LogP contribution < -0.4 is 4.74 Å². The number of hydrogen-bond donors (Lipinski definition) is 1. The number of carboxylic acids is 1. The van der Waals surface area contributed by atoms with Crippen LogP contribution in [0.15, 0.2) is 22.8 Å². The molecule has 0 aliphatic carbocycles. The van der Waals surface area contributed by atoms with Gasteiger partial charge in [-0.2, -0.15) is 0 Å². The number of nitrogens with zero attached hydrogens (tertiary/aromatic N) is 1. The van der Waals surface area contributed by atoms with Crippen molar-refractivity contribution in [1.82, 2.24) is 4.98 Å². The highest BCUT2D eigenvalue weighted by atomic mass is 79.9. The Balaban J connectivity index is 2.64. The third-order valence-electron chi connectivity index (χ3n) is 1.35. The minimum atomic E-state index is -1.01. The van der Waals surface area contributed by atoms with Crippen molar-refractivity contribution in [3.63, 3.8) is 0 Å². The maximum absolute atomic E-state index is 10.4.